The summed E-state index contributed by atoms with van der Waals surface area (Å²) >= 11 is 0. The summed E-state index contributed by atoms with van der Waals surface area (Å²) in [5, 5.41) is 9.17. The van der Waals surface area contributed by atoms with Crippen molar-refractivity contribution in [3.8, 4) is 5.75 Å². The van der Waals surface area contributed by atoms with E-state index in [1.54, 1.807) is 6.92 Å². The topological polar surface area (TPSA) is 80.7 Å². The number of phenolic OH excluding ortho intramolecular Hbond substituents is 1. The molecule has 0 radical (unpaired) electrons. The first-order valence-electron chi connectivity index (χ1n) is 4.59. The van der Waals surface area contributed by atoms with Crippen molar-refractivity contribution in [2.75, 3.05) is 6.61 Å². The fourth-order valence-corrected chi connectivity index (χ4v) is 1.15. The molecule has 0 saturated carbocycles. The van der Waals surface area contributed by atoms with Crippen molar-refractivity contribution >= 4 is 18.0 Å². The van der Waals surface area contributed by atoms with Crippen LogP contribution in [0.3, 0.4) is 0 Å². The molecular weight excluding hydrogens is 212 g/mol. The van der Waals surface area contributed by atoms with E-state index in [1.165, 1.54) is 12.1 Å². The van der Waals surface area contributed by atoms with Crippen LogP contribution in [0.5, 0.6) is 5.75 Å². The lowest BCUT2D eigenvalue weighted by Gasteiger charge is -2.04. The minimum Gasteiger partial charge on any atom is -0.508 e. The van der Waals surface area contributed by atoms with E-state index in [9.17, 15) is 19.5 Å². The number of aromatic hydroxyl groups is 1. The van der Waals surface area contributed by atoms with Gasteiger partial charge in [0, 0.05) is 11.1 Å². The molecular formula is C11H10O5. The Hall–Kier alpha value is -2.17. The van der Waals surface area contributed by atoms with Gasteiger partial charge in [0.15, 0.2) is 6.29 Å². The van der Waals surface area contributed by atoms with Gasteiger partial charge >= 0.3 is 5.97 Å². The first kappa shape index (κ1) is 11.9. The number of aldehydes is 1. The predicted molar refractivity (Wildman–Crippen MR) is 54.5 cm³/mol. The normalized spacial score (nSPS) is 9.56. The summed E-state index contributed by atoms with van der Waals surface area (Å²) < 4.78 is 4.51. The third-order valence-electron chi connectivity index (χ3n) is 1.87. The van der Waals surface area contributed by atoms with Crippen LogP contribution in [0.1, 0.15) is 27.6 Å². The molecule has 0 fully saturated rings. The first-order valence-corrected chi connectivity index (χ1v) is 4.59. The fourth-order valence-electron chi connectivity index (χ4n) is 1.15. The molecule has 1 aromatic rings. The molecule has 0 aliphatic heterocycles. The van der Waals surface area contributed by atoms with Gasteiger partial charge in [-0.15, -0.1) is 0 Å². The number of ketones is 1. The van der Waals surface area contributed by atoms with Gasteiger partial charge < -0.3 is 9.84 Å². The number of Topliss-reactive ketones (excluding diaryl/α,β-unsaturated/α-hetero) is 1. The zero-order chi connectivity index (χ0) is 12.1. The molecule has 1 rings (SSSR count). The van der Waals surface area contributed by atoms with Crippen LogP contribution in [-0.2, 0) is 9.53 Å². The molecule has 0 aliphatic carbocycles. The summed E-state index contributed by atoms with van der Waals surface area (Å²) in [6.45, 7) is 1.63. The van der Waals surface area contributed by atoms with E-state index in [0.29, 0.717) is 6.29 Å². The van der Waals surface area contributed by atoms with Crippen LogP contribution in [0.25, 0.3) is 0 Å². The summed E-state index contributed by atoms with van der Waals surface area (Å²) in [7, 11) is 0. The molecule has 0 amide bonds. The number of hydrogen-bond acceptors (Lipinski definition) is 5. The largest absolute Gasteiger partial charge is 0.508 e. The summed E-state index contributed by atoms with van der Waals surface area (Å²) in [5.41, 5.74) is -0.121. The number of ether oxygens (including phenoxy) is 1. The minimum absolute atomic E-state index is 0.0378. The fraction of sp³-hybridized carbons (Fsp3) is 0.182. The zero-order valence-electron chi connectivity index (χ0n) is 8.60. The summed E-state index contributed by atoms with van der Waals surface area (Å²) in [5.74, 6) is -2.19. The maximum absolute atomic E-state index is 11.5. The van der Waals surface area contributed by atoms with Crippen molar-refractivity contribution in [2.45, 2.75) is 6.92 Å². The second-order valence-corrected chi connectivity index (χ2v) is 2.94. The molecule has 0 spiro atoms. The summed E-state index contributed by atoms with van der Waals surface area (Å²) in [4.78, 5) is 33.3. The van der Waals surface area contributed by atoms with Crippen molar-refractivity contribution in [1.29, 1.82) is 0 Å². The Balaban J connectivity index is 3.11. The monoisotopic (exact) mass is 222 g/mol. The molecule has 0 unspecified atom stereocenters. The lowest BCUT2D eigenvalue weighted by Crippen LogP contribution is -2.18. The number of benzene rings is 1. The maximum Gasteiger partial charge on any atom is 0.379 e. The van der Waals surface area contributed by atoms with Crippen molar-refractivity contribution in [3.63, 3.8) is 0 Å². The first-order chi connectivity index (χ1) is 7.60. The van der Waals surface area contributed by atoms with E-state index < -0.39 is 11.8 Å². The van der Waals surface area contributed by atoms with Gasteiger partial charge in [-0.1, -0.05) is 0 Å². The molecule has 84 valence electrons. The Kier molecular flexibility index (Phi) is 3.77. The van der Waals surface area contributed by atoms with Crippen LogP contribution in [0.4, 0.5) is 0 Å². The Morgan fingerprint density at radius 3 is 2.69 bits per heavy atom. The molecule has 0 atom stereocenters. The third kappa shape index (κ3) is 2.44. The van der Waals surface area contributed by atoms with Gasteiger partial charge in [0.25, 0.3) is 5.78 Å². The van der Waals surface area contributed by atoms with Crippen molar-refractivity contribution in [3.05, 3.63) is 29.3 Å². The van der Waals surface area contributed by atoms with Gasteiger partial charge in [0.1, 0.15) is 5.75 Å². The molecule has 5 nitrogen and oxygen atoms in total. The second kappa shape index (κ2) is 5.06. The Morgan fingerprint density at radius 1 is 1.44 bits per heavy atom. The molecule has 5 heteroatoms. The van der Waals surface area contributed by atoms with Crippen LogP contribution in [0.2, 0.25) is 0 Å². The lowest BCUT2D eigenvalue weighted by molar-refractivity contribution is -0.137. The molecule has 0 aliphatic rings. The highest BCUT2D eigenvalue weighted by Gasteiger charge is 2.21. The van der Waals surface area contributed by atoms with Crippen LogP contribution in [-0.4, -0.2) is 29.8 Å². The van der Waals surface area contributed by atoms with Crippen LogP contribution < -0.4 is 0 Å². The number of carbonyl (C=O) groups is 3. The highest BCUT2D eigenvalue weighted by molar-refractivity contribution is 6.41. The Bertz CT molecular complexity index is 436. The third-order valence-corrected chi connectivity index (χ3v) is 1.87. The van der Waals surface area contributed by atoms with Crippen molar-refractivity contribution < 1.29 is 24.2 Å². The Labute approximate surface area is 91.6 Å². The molecule has 0 saturated heterocycles. The van der Waals surface area contributed by atoms with E-state index in [2.05, 4.69) is 4.74 Å². The van der Waals surface area contributed by atoms with E-state index >= 15 is 0 Å². The van der Waals surface area contributed by atoms with Gasteiger partial charge in [-0.3, -0.25) is 9.59 Å². The molecule has 1 N–H and O–H groups in total. The predicted octanol–water partition coefficient (Wildman–Crippen LogP) is 0.950. The molecule has 0 bridgehead atoms. The SMILES string of the molecule is CCOC(=O)C(=O)c1cc(O)ccc1C=O. The number of phenols is 1. The maximum atomic E-state index is 11.5. The summed E-state index contributed by atoms with van der Waals surface area (Å²) in [6, 6.07) is 3.57. The number of carbonyl (C=O) groups excluding carboxylic acids is 3. The molecule has 0 aromatic heterocycles. The highest BCUT2D eigenvalue weighted by atomic mass is 16.5. The average molecular weight is 222 g/mol. The van der Waals surface area contributed by atoms with Gasteiger partial charge in [-0.25, -0.2) is 4.79 Å². The standard InChI is InChI=1S/C11H10O5/c1-2-16-11(15)10(14)9-5-8(13)4-3-7(9)6-12/h3-6,13H,2H2,1H3. The van der Waals surface area contributed by atoms with Gasteiger partial charge in [-0.2, -0.15) is 0 Å². The van der Waals surface area contributed by atoms with Crippen LogP contribution in [0, 0.1) is 0 Å². The summed E-state index contributed by atoms with van der Waals surface area (Å²) in [6.07, 6.45) is 0.436. The smallest absolute Gasteiger partial charge is 0.379 e. The average Bonchev–Trinajstić information content (AvgIpc) is 2.28. The van der Waals surface area contributed by atoms with Crippen molar-refractivity contribution in [2.24, 2.45) is 0 Å². The van der Waals surface area contributed by atoms with Gasteiger partial charge in [-0.05, 0) is 25.1 Å². The molecule has 1 aromatic carbocycles. The Morgan fingerprint density at radius 2 is 2.12 bits per heavy atom. The van der Waals surface area contributed by atoms with E-state index in [0.717, 1.165) is 6.07 Å². The number of hydrogen-bond donors (Lipinski definition) is 1. The van der Waals surface area contributed by atoms with Gasteiger partial charge in [0.2, 0.25) is 0 Å². The highest BCUT2D eigenvalue weighted by Crippen LogP contribution is 2.16. The number of esters is 1. The van der Waals surface area contributed by atoms with Gasteiger partial charge in [0.05, 0.1) is 6.61 Å². The minimum atomic E-state index is -1.05. The van der Waals surface area contributed by atoms with E-state index in [-0.39, 0.29) is 23.5 Å². The van der Waals surface area contributed by atoms with E-state index in [4.69, 9.17) is 0 Å². The quantitative estimate of drug-likeness (QED) is 0.355. The zero-order valence-corrected chi connectivity index (χ0v) is 8.60. The molecule has 16 heavy (non-hydrogen) atoms. The molecule has 0 heterocycles. The van der Waals surface area contributed by atoms with Crippen LogP contribution in [0.15, 0.2) is 18.2 Å². The lowest BCUT2D eigenvalue weighted by atomic mass is 10.0. The van der Waals surface area contributed by atoms with Crippen molar-refractivity contribution in [1.82, 2.24) is 0 Å². The van der Waals surface area contributed by atoms with E-state index in [1.807, 2.05) is 0 Å². The van der Waals surface area contributed by atoms with Crippen LogP contribution >= 0.6 is 0 Å². The number of rotatable bonds is 4. The second-order valence-electron chi connectivity index (χ2n) is 2.94.